The highest BCUT2D eigenvalue weighted by molar-refractivity contribution is 4.71. The van der Waals surface area contributed by atoms with E-state index in [1.54, 1.807) is 0 Å². The van der Waals surface area contributed by atoms with Crippen LogP contribution in [0.15, 0.2) is 0 Å². The van der Waals surface area contributed by atoms with E-state index in [1.165, 1.54) is 6.42 Å². The van der Waals surface area contributed by atoms with Crippen LogP contribution in [0.1, 0.15) is 53.9 Å². The molecular weight excluding hydrogens is 190 g/mol. The second-order valence-electron chi connectivity index (χ2n) is 4.37. The molecule has 0 aliphatic carbocycles. The Morgan fingerprint density at radius 1 is 1.27 bits per heavy atom. The van der Waals surface area contributed by atoms with Crippen LogP contribution in [0.2, 0.25) is 0 Å². The summed E-state index contributed by atoms with van der Waals surface area (Å²) in [7, 11) is 0. The lowest BCUT2D eigenvalue weighted by molar-refractivity contribution is -0.228. The van der Waals surface area contributed by atoms with Gasteiger partial charge in [0.05, 0.1) is 0 Å². The minimum Gasteiger partial charge on any atom is -0.353 e. The Morgan fingerprint density at radius 2 is 1.87 bits per heavy atom. The van der Waals surface area contributed by atoms with Gasteiger partial charge in [-0.3, -0.25) is 5.32 Å². The van der Waals surface area contributed by atoms with Gasteiger partial charge < -0.3 is 9.84 Å². The van der Waals surface area contributed by atoms with E-state index in [0.717, 1.165) is 6.42 Å². The average Bonchev–Trinajstić information content (AvgIpc) is 2.17. The Hall–Kier alpha value is -0.120. The molecule has 92 valence electrons. The van der Waals surface area contributed by atoms with E-state index < -0.39 is 5.91 Å². The van der Waals surface area contributed by atoms with E-state index in [9.17, 15) is 5.11 Å². The van der Waals surface area contributed by atoms with Crippen molar-refractivity contribution in [2.45, 2.75) is 65.8 Å². The van der Waals surface area contributed by atoms with Gasteiger partial charge in [-0.15, -0.1) is 0 Å². The average molecular weight is 217 g/mol. The molecule has 0 bridgehead atoms. The summed E-state index contributed by atoms with van der Waals surface area (Å²) in [5.74, 6) is -0.475. The summed E-state index contributed by atoms with van der Waals surface area (Å²) in [4.78, 5) is 0. The van der Waals surface area contributed by atoms with Crippen molar-refractivity contribution in [3.63, 3.8) is 0 Å². The molecule has 15 heavy (non-hydrogen) atoms. The van der Waals surface area contributed by atoms with E-state index in [4.69, 9.17) is 4.74 Å². The summed E-state index contributed by atoms with van der Waals surface area (Å²) in [6.07, 6.45) is 2.79. The van der Waals surface area contributed by atoms with Crippen molar-refractivity contribution in [3.8, 4) is 0 Å². The Morgan fingerprint density at radius 3 is 2.27 bits per heavy atom. The monoisotopic (exact) mass is 217 g/mol. The van der Waals surface area contributed by atoms with Crippen LogP contribution in [0.5, 0.6) is 0 Å². The molecule has 0 aromatic heterocycles. The van der Waals surface area contributed by atoms with Crippen molar-refractivity contribution in [1.29, 1.82) is 0 Å². The van der Waals surface area contributed by atoms with E-state index in [0.29, 0.717) is 18.9 Å². The molecule has 3 unspecified atom stereocenters. The van der Waals surface area contributed by atoms with E-state index in [-0.39, 0.29) is 6.04 Å². The molecule has 0 aliphatic heterocycles. The first-order valence-electron chi connectivity index (χ1n) is 6.11. The maximum atomic E-state index is 10.0. The molecule has 0 aromatic rings. The van der Waals surface area contributed by atoms with Crippen molar-refractivity contribution in [3.05, 3.63) is 0 Å². The highest BCUT2D eigenvalue weighted by Crippen LogP contribution is 2.14. The van der Waals surface area contributed by atoms with Gasteiger partial charge in [-0.05, 0) is 26.2 Å². The first-order valence-corrected chi connectivity index (χ1v) is 6.11. The fraction of sp³-hybridized carbons (Fsp3) is 1.00. The van der Waals surface area contributed by atoms with Crippen LogP contribution in [0, 0.1) is 5.92 Å². The van der Waals surface area contributed by atoms with Gasteiger partial charge in [0.2, 0.25) is 5.91 Å². The van der Waals surface area contributed by atoms with Crippen LogP contribution >= 0.6 is 0 Å². The van der Waals surface area contributed by atoms with Crippen LogP contribution in [0.3, 0.4) is 0 Å². The second-order valence-corrected chi connectivity index (χ2v) is 4.37. The van der Waals surface area contributed by atoms with Gasteiger partial charge in [0.25, 0.3) is 0 Å². The Balaban J connectivity index is 4.05. The Kier molecular flexibility index (Phi) is 7.14. The molecule has 0 aromatic carbocycles. The van der Waals surface area contributed by atoms with Crippen LogP contribution in [0.4, 0.5) is 0 Å². The number of ether oxygens (including phenoxy) is 1. The van der Waals surface area contributed by atoms with Crippen LogP contribution in [-0.2, 0) is 4.74 Å². The largest absolute Gasteiger partial charge is 0.353 e. The summed E-state index contributed by atoms with van der Waals surface area (Å²) < 4.78 is 5.31. The second kappa shape index (κ2) is 7.20. The molecule has 0 aliphatic rings. The van der Waals surface area contributed by atoms with Crippen molar-refractivity contribution in [1.82, 2.24) is 5.32 Å². The lowest BCUT2D eigenvalue weighted by atomic mass is 10.00. The third-order valence-electron chi connectivity index (χ3n) is 2.79. The van der Waals surface area contributed by atoms with E-state index >= 15 is 0 Å². The fourth-order valence-corrected chi connectivity index (χ4v) is 1.70. The summed E-state index contributed by atoms with van der Waals surface area (Å²) >= 11 is 0. The van der Waals surface area contributed by atoms with Crippen LogP contribution in [0.25, 0.3) is 0 Å². The van der Waals surface area contributed by atoms with Gasteiger partial charge in [0, 0.05) is 19.1 Å². The zero-order valence-corrected chi connectivity index (χ0v) is 10.8. The molecule has 3 atom stereocenters. The van der Waals surface area contributed by atoms with Gasteiger partial charge in [-0.2, -0.15) is 0 Å². The van der Waals surface area contributed by atoms with Gasteiger partial charge in [0.15, 0.2) is 0 Å². The topological polar surface area (TPSA) is 41.5 Å². The molecule has 0 rings (SSSR count). The Bertz CT molecular complexity index is 164. The summed E-state index contributed by atoms with van der Waals surface area (Å²) in [6, 6.07) is 0.274. The molecule has 0 heterocycles. The van der Waals surface area contributed by atoms with Gasteiger partial charge in [-0.1, -0.05) is 27.2 Å². The maximum absolute atomic E-state index is 10.0. The molecular formula is C12H27NO2. The number of aliphatic hydroxyl groups is 1. The molecule has 2 N–H and O–H groups in total. The Labute approximate surface area is 94.2 Å². The zero-order valence-electron chi connectivity index (χ0n) is 10.8. The lowest BCUT2D eigenvalue weighted by Crippen LogP contribution is -2.51. The van der Waals surface area contributed by atoms with Crippen molar-refractivity contribution in [2.24, 2.45) is 5.92 Å². The molecule has 3 nitrogen and oxygen atoms in total. The fourth-order valence-electron chi connectivity index (χ4n) is 1.70. The van der Waals surface area contributed by atoms with Crippen molar-refractivity contribution >= 4 is 0 Å². The third kappa shape index (κ3) is 6.13. The van der Waals surface area contributed by atoms with Gasteiger partial charge >= 0.3 is 0 Å². The number of nitrogens with one attached hydrogen (secondary N) is 1. The van der Waals surface area contributed by atoms with Crippen molar-refractivity contribution in [2.75, 3.05) is 6.61 Å². The SMILES string of the molecule is CCOC(O)(CC)NC(C)CC(C)CC. The zero-order chi connectivity index (χ0) is 11.9. The highest BCUT2D eigenvalue weighted by atomic mass is 16.6. The smallest absolute Gasteiger partial charge is 0.224 e. The summed E-state index contributed by atoms with van der Waals surface area (Å²) in [6.45, 7) is 10.8. The van der Waals surface area contributed by atoms with Crippen LogP contribution in [-0.4, -0.2) is 23.7 Å². The van der Waals surface area contributed by atoms with Crippen molar-refractivity contribution < 1.29 is 9.84 Å². The molecule has 3 heteroatoms. The minimum absolute atomic E-state index is 0.274. The molecule has 0 amide bonds. The maximum Gasteiger partial charge on any atom is 0.224 e. The minimum atomic E-state index is -1.15. The van der Waals surface area contributed by atoms with Gasteiger partial charge in [0.1, 0.15) is 0 Å². The van der Waals surface area contributed by atoms with E-state index in [1.807, 2.05) is 13.8 Å². The predicted molar refractivity (Wildman–Crippen MR) is 63.5 cm³/mol. The molecule has 0 saturated heterocycles. The molecule has 0 radical (unpaired) electrons. The normalized spacial score (nSPS) is 19.6. The standard InChI is InChI=1S/C12H27NO2/c1-6-10(4)9-11(5)13-12(14,7-2)15-8-3/h10-11,13-14H,6-9H2,1-5H3. The molecule has 0 spiro atoms. The van der Waals surface area contributed by atoms with E-state index in [2.05, 4.69) is 26.1 Å². The molecule has 0 fully saturated rings. The first kappa shape index (κ1) is 14.9. The number of rotatable bonds is 8. The summed E-state index contributed by atoms with van der Waals surface area (Å²) in [5.41, 5.74) is 0. The van der Waals surface area contributed by atoms with Crippen LogP contribution < -0.4 is 5.32 Å². The highest BCUT2D eigenvalue weighted by Gasteiger charge is 2.26. The van der Waals surface area contributed by atoms with Gasteiger partial charge in [-0.25, -0.2) is 0 Å². The lowest BCUT2D eigenvalue weighted by Gasteiger charge is -2.31. The number of hydrogen-bond acceptors (Lipinski definition) is 3. The summed E-state index contributed by atoms with van der Waals surface area (Å²) in [5, 5.41) is 13.2. The predicted octanol–water partition coefficient (Wildman–Crippen LogP) is 2.49. The first-order chi connectivity index (χ1) is 6.97. The quantitative estimate of drug-likeness (QED) is 0.614. The third-order valence-corrected chi connectivity index (χ3v) is 2.79. The number of hydrogen-bond donors (Lipinski definition) is 2. The molecule has 0 saturated carbocycles.